The molecule has 1 aromatic carbocycles. The topological polar surface area (TPSA) is 49.3 Å². The summed E-state index contributed by atoms with van der Waals surface area (Å²) in [5.74, 6) is 0.317. The molecule has 0 aliphatic rings. The molecule has 0 bridgehead atoms. The lowest BCUT2D eigenvalue weighted by Gasteiger charge is -2.25. The van der Waals surface area contributed by atoms with E-state index in [4.69, 9.17) is 0 Å². The molecular formula is C16H24FNO2. The second-order valence-corrected chi connectivity index (χ2v) is 5.98. The van der Waals surface area contributed by atoms with Crippen LogP contribution in [0.4, 0.5) is 4.39 Å². The molecule has 0 aliphatic heterocycles. The number of benzene rings is 1. The number of aliphatic hydroxyl groups is 1. The van der Waals surface area contributed by atoms with Crippen molar-refractivity contribution in [2.24, 2.45) is 11.8 Å². The first-order valence-corrected chi connectivity index (χ1v) is 6.97. The highest BCUT2D eigenvalue weighted by Crippen LogP contribution is 2.20. The number of carbonyl (C=O) groups excluding carboxylic acids is 1. The van der Waals surface area contributed by atoms with Crippen LogP contribution in [0.5, 0.6) is 0 Å². The number of halogens is 1. The maximum atomic E-state index is 12.9. The molecule has 112 valence electrons. The fourth-order valence-corrected chi connectivity index (χ4v) is 1.78. The highest BCUT2D eigenvalue weighted by molar-refractivity contribution is 5.76. The fourth-order valence-electron chi connectivity index (χ4n) is 1.78. The zero-order valence-electron chi connectivity index (χ0n) is 12.6. The second-order valence-electron chi connectivity index (χ2n) is 5.98. The average molecular weight is 281 g/mol. The zero-order valence-corrected chi connectivity index (χ0v) is 12.6. The first-order chi connectivity index (χ1) is 9.22. The fraction of sp³-hybridized carbons (Fsp3) is 0.562. The van der Waals surface area contributed by atoms with Crippen molar-refractivity contribution in [3.63, 3.8) is 0 Å². The van der Waals surface area contributed by atoms with E-state index in [-0.39, 0.29) is 18.3 Å². The second kappa shape index (κ2) is 6.84. The van der Waals surface area contributed by atoms with Crippen molar-refractivity contribution >= 4 is 5.91 Å². The Morgan fingerprint density at radius 1 is 1.30 bits per heavy atom. The van der Waals surface area contributed by atoms with E-state index < -0.39 is 5.60 Å². The van der Waals surface area contributed by atoms with E-state index in [1.165, 1.54) is 24.3 Å². The van der Waals surface area contributed by atoms with Gasteiger partial charge in [0.05, 0.1) is 6.54 Å². The summed E-state index contributed by atoms with van der Waals surface area (Å²) in [5.41, 5.74) is -0.624. The van der Waals surface area contributed by atoms with Gasteiger partial charge in [-0.3, -0.25) is 4.79 Å². The van der Waals surface area contributed by atoms with E-state index in [1.807, 2.05) is 6.92 Å². The largest absolute Gasteiger partial charge is 0.384 e. The van der Waals surface area contributed by atoms with Crippen LogP contribution in [0.25, 0.3) is 0 Å². The molecule has 4 heteroatoms. The SMILES string of the molecule is CC(C)C(C)CC(=O)NCC(C)(O)c1ccc(F)cc1. The van der Waals surface area contributed by atoms with Crippen LogP contribution in [-0.2, 0) is 10.4 Å². The molecule has 20 heavy (non-hydrogen) atoms. The van der Waals surface area contributed by atoms with Crippen LogP contribution in [0.1, 0.15) is 39.7 Å². The Balaban J connectivity index is 2.55. The summed E-state index contributed by atoms with van der Waals surface area (Å²) in [6.07, 6.45) is 0.442. The van der Waals surface area contributed by atoms with Gasteiger partial charge in [-0.05, 0) is 36.5 Å². The van der Waals surface area contributed by atoms with Gasteiger partial charge < -0.3 is 10.4 Å². The molecule has 1 rings (SSSR count). The highest BCUT2D eigenvalue weighted by Gasteiger charge is 2.24. The normalized spacial score (nSPS) is 15.8. The lowest BCUT2D eigenvalue weighted by Crippen LogP contribution is -2.39. The summed E-state index contributed by atoms with van der Waals surface area (Å²) < 4.78 is 12.9. The molecule has 0 aromatic heterocycles. The van der Waals surface area contributed by atoms with Gasteiger partial charge in [0.25, 0.3) is 0 Å². The standard InChI is InChI=1S/C16H24FNO2/c1-11(2)12(3)9-15(19)18-10-16(4,20)13-5-7-14(17)8-6-13/h5-8,11-12,20H,9-10H2,1-4H3,(H,18,19). The number of nitrogens with one attached hydrogen (secondary N) is 1. The molecule has 1 aromatic rings. The summed E-state index contributed by atoms with van der Waals surface area (Å²) in [6, 6.07) is 5.65. The smallest absolute Gasteiger partial charge is 0.220 e. The average Bonchev–Trinajstić information content (AvgIpc) is 2.37. The molecule has 1 amide bonds. The molecule has 0 saturated heterocycles. The van der Waals surface area contributed by atoms with Gasteiger partial charge in [0, 0.05) is 6.42 Å². The zero-order chi connectivity index (χ0) is 15.3. The van der Waals surface area contributed by atoms with Gasteiger partial charge in [0.1, 0.15) is 11.4 Å². The first-order valence-electron chi connectivity index (χ1n) is 6.97. The summed E-state index contributed by atoms with van der Waals surface area (Å²) in [7, 11) is 0. The Morgan fingerprint density at radius 2 is 1.85 bits per heavy atom. The van der Waals surface area contributed by atoms with Crippen LogP contribution in [0, 0.1) is 17.7 Å². The lowest BCUT2D eigenvalue weighted by atomic mass is 9.93. The van der Waals surface area contributed by atoms with Gasteiger partial charge in [-0.15, -0.1) is 0 Å². The first kappa shape index (κ1) is 16.6. The van der Waals surface area contributed by atoms with Crippen molar-refractivity contribution in [3.8, 4) is 0 Å². The molecule has 0 heterocycles. The summed E-state index contributed by atoms with van der Waals surface area (Å²) in [4.78, 5) is 11.8. The minimum Gasteiger partial charge on any atom is -0.384 e. The van der Waals surface area contributed by atoms with Crippen LogP contribution >= 0.6 is 0 Å². The Labute approximate surface area is 120 Å². The molecular weight excluding hydrogens is 257 g/mol. The molecule has 3 nitrogen and oxygen atoms in total. The van der Waals surface area contributed by atoms with Crippen LogP contribution < -0.4 is 5.32 Å². The predicted octanol–water partition coefficient (Wildman–Crippen LogP) is 2.83. The Bertz CT molecular complexity index is 440. The van der Waals surface area contributed by atoms with Crippen molar-refractivity contribution < 1.29 is 14.3 Å². The summed E-state index contributed by atoms with van der Waals surface area (Å²) in [6.45, 7) is 7.90. The Kier molecular flexibility index (Phi) is 5.69. The third-order valence-corrected chi connectivity index (χ3v) is 3.74. The van der Waals surface area contributed by atoms with E-state index in [0.717, 1.165) is 0 Å². The molecule has 0 aliphatic carbocycles. The monoisotopic (exact) mass is 281 g/mol. The molecule has 0 saturated carbocycles. The van der Waals surface area contributed by atoms with Gasteiger partial charge in [-0.1, -0.05) is 32.9 Å². The van der Waals surface area contributed by atoms with Crippen molar-refractivity contribution in [2.75, 3.05) is 6.54 Å². The third kappa shape index (κ3) is 4.93. The number of hydrogen-bond acceptors (Lipinski definition) is 2. The van der Waals surface area contributed by atoms with Crippen LogP contribution in [0.3, 0.4) is 0 Å². The van der Waals surface area contributed by atoms with Gasteiger partial charge in [0.15, 0.2) is 0 Å². The van der Waals surface area contributed by atoms with Crippen molar-refractivity contribution in [1.29, 1.82) is 0 Å². The maximum Gasteiger partial charge on any atom is 0.220 e. The van der Waals surface area contributed by atoms with Crippen LogP contribution in [0.15, 0.2) is 24.3 Å². The van der Waals surface area contributed by atoms with Gasteiger partial charge in [0.2, 0.25) is 5.91 Å². The molecule has 0 spiro atoms. The molecule has 0 radical (unpaired) electrons. The van der Waals surface area contributed by atoms with Crippen molar-refractivity contribution in [2.45, 2.75) is 39.7 Å². The van der Waals surface area contributed by atoms with Crippen molar-refractivity contribution in [3.05, 3.63) is 35.6 Å². The van der Waals surface area contributed by atoms with Crippen LogP contribution in [-0.4, -0.2) is 17.6 Å². The number of hydrogen-bond donors (Lipinski definition) is 2. The number of carbonyl (C=O) groups is 1. The molecule has 2 atom stereocenters. The maximum absolute atomic E-state index is 12.9. The van der Waals surface area contributed by atoms with E-state index in [1.54, 1.807) is 6.92 Å². The van der Waals surface area contributed by atoms with Gasteiger partial charge in [-0.25, -0.2) is 4.39 Å². The van der Waals surface area contributed by atoms with E-state index >= 15 is 0 Å². The minimum atomic E-state index is -1.20. The Hall–Kier alpha value is -1.42. The predicted molar refractivity (Wildman–Crippen MR) is 77.6 cm³/mol. The minimum absolute atomic E-state index is 0.0754. The van der Waals surface area contributed by atoms with Crippen LogP contribution in [0.2, 0.25) is 0 Å². The van der Waals surface area contributed by atoms with E-state index in [2.05, 4.69) is 19.2 Å². The van der Waals surface area contributed by atoms with Gasteiger partial charge in [-0.2, -0.15) is 0 Å². The molecule has 2 N–H and O–H groups in total. The quantitative estimate of drug-likeness (QED) is 0.842. The summed E-state index contributed by atoms with van der Waals surface area (Å²) in [5, 5.41) is 13.1. The number of rotatable bonds is 6. The lowest BCUT2D eigenvalue weighted by molar-refractivity contribution is -0.123. The summed E-state index contributed by atoms with van der Waals surface area (Å²) >= 11 is 0. The Morgan fingerprint density at radius 3 is 2.35 bits per heavy atom. The van der Waals surface area contributed by atoms with E-state index in [9.17, 15) is 14.3 Å². The molecule has 2 unspecified atom stereocenters. The highest BCUT2D eigenvalue weighted by atomic mass is 19.1. The molecule has 0 fully saturated rings. The van der Waals surface area contributed by atoms with Gasteiger partial charge >= 0.3 is 0 Å². The third-order valence-electron chi connectivity index (χ3n) is 3.74. The van der Waals surface area contributed by atoms with E-state index in [0.29, 0.717) is 23.8 Å². The van der Waals surface area contributed by atoms with Crippen molar-refractivity contribution in [1.82, 2.24) is 5.32 Å². The number of amides is 1.